The molecule has 0 saturated carbocycles. The highest BCUT2D eigenvalue weighted by Gasteiger charge is 2.12. The lowest BCUT2D eigenvalue weighted by Gasteiger charge is -2.23. The summed E-state index contributed by atoms with van der Waals surface area (Å²) in [6, 6.07) is 11.3. The van der Waals surface area contributed by atoms with Crippen LogP contribution in [-0.4, -0.2) is 27.3 Å². The highest BCUT2D eigenvalue weighted by molar-refractivity contribution is 7.99. The molecule has 1 aromatic heterocycles. The molecule has 0 amide bonds. The van der Waals surface area contributed by atoms with Crippen LogP contribution < -0.4 is 5.32 Å². The first-order chi connectivity index (χ1) is 9.40. The van der Waals surface area contributed by atoms with E-state index in [-0.39, 0.29) is 0 Å². The van der Waals surface area contributed by atoms with Gasteiger partial charge >= 0.3 is 0 Å². The van der Waals surface area contributed by atoms with Crippen LogP contribution in [-0.2, 0) is 6.54 Å². The van der Waals surface area contributed by atoms with Crippen LogP contribution in [0.4, 0.5) is 5.69 Å². The zero-order valence-corrected chi connectivity index (χ0v) is 11.8. The summed E-state index contributed by atoms with van der Waals surface area (Å²) in [6.07, 6.45) is 6.36. The van der Waals surface area contributed by atoms with Crippen molar-refractivity contribution in [1.29, 1.82) is 0 Å². The largest absolute Gasteiger partial charge is 0.382 e. The van der Waals surface area contributed by atoms with Crippen LogP contribution in [0.5, 0.6) is 0 Å². The molecule has 0 bridgehead atoms. The molecule has 1 aromatic carbocycles. The van der Waals surface area contributed by atoms with Gasteiger partial charge in [0.25, 0.3) is 0 Å². The topological polar surface area (TPSA) is 29.9 Å². The van der Waals surface area contributed by atoms with E-state index in [1.54, 1.807) is 0 Å². The average Bonchev–Trinajstić information content (AvgIpc) is 2.95. The number of anilines is 1. The van der Waals surface area contributed by atoms with Gasteiger partial charge in [0.2, 0.25) is 0 Å². The van der Waals surface area contributed by atoms with E-state index in [0.29, 0.717) is 6.04 Å². The third kappa shape index (κ3) is 3.53. The predicted octanol–water partition coefficient (Wildman–Crippen LogP) is 3.24. The fraction of sp³-hybridized carbons (Fsp3) is 0.400. The van der Waals surface area contributed by atoms with Gasteiger partial charge in [0.1, 0.15) is 0 Å². The van der Waals surface area contributed by atoms with E-state index >= 15 is 0 Å². The number of benzene rings is 1. The van der Waals surface area contributed by atoms with Crippen molar-refractivity contribution in [1.82, 2.24) is 9.78 Å². The van der Waals surface area contributed by atoms with Crippen molar-refractivity contribution in [3.05, 3.63) is 48.3 Å². The van der Waals surface area contributed by atoms with Gasteiger partial charge in [-0.15, -0.1) is 0 Å². The second-order valence-electron chi connectivity index (χ2n) is 4.93. The van der Waals surface area contributed by atoms with Crippen LogP contribution in [0.2, 0.25) is 0 Å². The molecular weight excluding hydrogens is 254 g/mol. The maximum atomic E-state index is 4.23. The van der Waals surface area contributed by atoms with E-state index in [9.17, 15) is 0 Å². The molecule has 3 nitrogen and oxygen atoms in total. The Labute approximate surface area is 118 Å². The number of nitrogens with one attached hydrogen (secondary N) is 1. The van der Waals surface area contributed by atoms with E-state index in [1.165, 1.54) is 35.6 Å². The molecule has 1 aliphatic rings. The van der Waals surface area contributed by atoms with E-state index in [0.717, 1.165) is 6.54 Å². The van der Waals surface area contributed by atoms with Crippen LogP contribution in [0.25, 0.3) is 0 Å². The Balaban J connectivity index is 1.58. The second-order valence-corrected chi connectivity index (χ2v) is 6.16. The van der Waals surface area contributed by atoms with Crippen LogP contribution in [0, 0.1) is 0 Å². The van der Waals surface area contributed by atoms with Crippen molar-refractivity contribution in [3.8, 4) is 0 Å². The molecule has 2 aromatic rings. The zero-order chi connectivity index (χ0) is 12.9. The first-order valence-corrected chi connectivity index (χ1v) is 7.96. The molecule has 1 N–H and O–H groups in total. The molecule has 0 radical (unpaired) electrons. The molecule has 3 rings (SSSR count). The van der Waals surface area contributed by atoms with Gasteiger partial charge in [0, 0.05) is 24.1 Å². The van der Waals surface area contributed by atoms with E-state index in [1.807, 2.05) is 23.1 Å². The summed E-state index contributed by atoms with van der Waals surface area (Å²) in [4.78, 5) is 0. The van der Waals surface area contributed by atoms with Gasteiger partial charge in [-0.25, -0.2) is 0 Å². The molecule has 0 atom stereocenters. The third-order valence-electron chi connectivity index (χ3n) is 3.45. The Kier molecular flexibility index (Phi) is 4.08. The molecule has 1 fully saturated rings. The van der Waals surface area contributed by atoms with Crippen molar-refractivity contribution < 1.29 is 0 Å². The molecule has 19 heavy (non-hydrogen) atoms. The predicted molar refractivity (Wildman–Crippen MR) is 81.7 cm³/mol. The number of rotatable bonds is 4. The van der Waals surface area contributed by atoms with E-state index in [2.05, 4.69) is 46.4 Å². The van der Waals surface area contributed by atoms with Crippen molar-refractivity contribution in [2.45, 2.75) is 25.4 Å². The highest BCUT2D eigenvalue weighted by atomic mass is 32.2. The Morgan fingerprint density at radius 3 is 2.68 bits per heavy atom. The Bertz CT molecular complexity index is 487. The van der Waals surface area contributed by atoms with Gasteiger partial charge in [-0.1, -0.05) is 12.1 Å². The summed E-state index contributed by atoms with van der Waals surface area (Å²) in [7, 11) is 0. The molecular formula is C15H19N3S. The van der Waals surface area contributed by atoms with Crippen LogP contribution in [0.3, 0.4) is 0 Å². The van der Waals surface area contributed by atoms with Gasteiger partial charge in [-0.3, -0.25) is 4.68 Å². The lowest BCUT2D eigenvalue weighted by molar-refractivity contribution is 0.666. The number of thioether (sulfide) groups is 1. The number of nitrogens with zero attached hydrogens (tertiary/aromatic N) is 2. The summed E-state index contributed by atoms with van der Waals surface area (Å²) < 4.78 is 1.95. The molecule has 0 unspecified atom stereocenters. The first kappa shape index (κ1) is 12.6. The molecule has 1 aliphatic heterocycles. The maximum absolute atomic E-state index is 4.23. The quantitative estimate of drug-likeness (QED) is 0.927. The smallest absolute Gasteiger partial charge is 0.0659 e. The van der Waals surface area contributed by atoms with Crippen LogP contribution >= 0.6 is 11.8 Å². The van der Waals surface area contributed by atoms with E-state index < -0.39 is 0 Å². The number of aromatic nitrogens is 2. The summed E-state index contributed by atoms with van der Waals surface area (Å²) in [5.74, 6) is 2.57. The minimum Gasteiger partial charge on any atom is -0.382 e. The Morgan fingerprint density at radius 1 is 1.21 bits per heavy atom. The molecule has 1 saturated heterocycles. The van der Waals surface area contributed by atoms with Crippen molar-refractivity contribution >= 4 is 17.4 Å². The van der Waals surface area contributed by atoms with Crippen LogP contribution in [0.1, 0.15) is 18.4 Å². The monoisotopic (exact) mass is 273 g/mol. The Morgan fingerprint density at radius 2 is 2.00 bits per heavy atom. The summed E-state index contributed by atoms with van der Waals surface area (Å²) in [5.41, 5.74) is 2.52. The SMILES string of the molecule is c1cnn(Cc2ccc(NC3CCSCC3)cc2)c1. The standard InChI is InChI=1S/C15H19N3S/c1-8-16-18(9-1)12-13-2-4-14(5-3-13)17-15-6-10-19-11-7-15/h1-5,8-9,15,17H,6-7,10-12H2. The van der Waals surface area contributed by atoms with Crippen molar-refractivity contribution in [2.75, 3.05) is 16.8 Å². The fourth-order valence-electron chi connectivity index (χ4n) is 2.37. The first-order valence-electron chi connectivity index (χ1n) is 6.81. The maximum Gasteiger partial charge on any atom is 0.0659 e. The molecule has 2 heterocycles. The normalized spacial score (nSPS) is 16.4. The number of hydrogen-bond donors (Lipinski definition) is 1. The molecule has 4 heteroatoms. The average molecular weight is 273 g/mol. The molecule has 100 valence electrons. The number of hydrogen-bond acceptors (Lipinski definition) is 3. The fourth-order valence-corrected chi connectivity index (χ4v) is 3.47. The van der Waals surface area contributed by atoms with Crippen molar-refractivity contribution in [2.24, 2.45) is 0 Å². The molecule has 0 spiro atoms. The zero-order valence-electron chi connectivity index (χ0n) is 11.0. The van der Waals surface area contributed by atoms with Gasteiger partial charge in [-0.2, -0.15) is 16.9 Å². The summed E-state index contributed by atoms with van der Waals surface area (Å²) in [5, 5.41) is 7.86. The summed E-state index contributed by atoms with van der Waals surface area (Å²) in [6.45, 7) is 0.841. The summed E-state index contributed by atoms with van der Waals surface area (Å²) >= 11 is 2.06. The second kappa shape index (κ2) is 6.15. The highest BCUT2D eigenvalue weighted by Crippen LogP contribution is 2.21. The minimum absolute atomic E-state index is 0.651. The lowest BCUT2D eigenvalue weighted by atomic mass is 10.1. The van der Waals surface area contributed by atoms with Gasteiger partial charge in [0.05, 0.1) is 6.54 Å². The third-order valence-corrected chi connectivity index (χ3v) is 4.50. The van der Waals surface area contributed by atoms with Gasteiger partial charge in [0.15, 0.2) is 0 Å². The minimum atomic E-state index is 0.651. The van der Waals surface area contributed by atoms with Crippen molar-refractivity contribution in [3.63, 3.8) is 0 Å². The van der Waals surface area contributed by atoms with Gasteiger partial charge in [-0.05, 0) is 48.1 Å². The lowest BCUT2D eigenvalue weighted by Crippen LogP contribution is -2.24. The molecule has 0 aliphatic carbocycles. The Hall–Kier alpha value is -1.42. The van der Waals surface area contributed by atoms with Gasteiger partial charge < -0.3 is 5.32 Å². The van der Waals surface area contributed by atoms with E-state index in [4.69, 9.17) is 0 Å². The van der Waals surface area contributed by atoms with Crippen LogP contribution in [0.15, 0.2) is 42.7 Å².